The summed E-state index contributed by atoms with van der Waals surface area (Å²) in [5.74, 6) is -0.0648. The smallest absolute Gasteiger partial charge is 0.295 e. The van der Waals surface area contributed by atoms with Crippen molar-refractivity contribution in [3.8, 4) is 11.5 Å². The van der Waals surface area contributed by atoms with Crippen LogP contribution >= 0.6 is 0 Å². The fourth-order valence-electron chi connectivity index (χ4n) is 4.65. The largest absolute Gasteiger partial charge is 0.507 e. The summed E-state index contributed by atoms with van der Waals surface area (Å²) in [6.07, 6.45) is 3.57. The molecule has 0 spiro atoms. The van der Waals surface area contributed by atoms with Crippen LogP contribution in [0.2, 0.25) is 0 Å². The maximum Gasteiger partial charge on any atom is 0.295 e. The molecular weight excluding hydrogens is 480 g/mol. The van der Waals surface area contributed by atoms with E-state index in [1.165, 1.54) is 0 Å². The number of likely N-dealkylation sites (tertiary alicyclic amines) is 1. The summed E-state index contributed by atoms with van der Waals surface area (Å²) < 4.78 is 11.6. The fraction of sp³-hybridized carbons (Fsp3) is 0.484. The van der Waals surface area contributed by atoms with E-state index in [0.717, 1.165) is 50.9 Å². The number of carbonyl (C=O) groups excluding carboxylic acids is 2. The van der Waals surface area contributed by atoms with E-state index in [-0.39, 0.29) is 11.3 Å². The van der Waals surface area contributed by atoms with Crippen molar-refractivity contribution >= 4 is 17.4 Å². The average Bonchev–Trinajstić information content (AvgIpc) is 3.19. The molecule has 0 radical (unpaired) electrons. The zero-order valence-electron chi connectivity index (χ0n) is 23.2. The lowest BCUT2D eigenvalue weighted by atomic mass is 9.95. The van der Waals surface area contributed by atoms with Gasteiger partial charge >= 0.3 is 0 Å². The van der Waals surface area contributed by atoms with Crippen LogP contribution in [0.1, 0.15) is 70.5 Å². The third kappa shape index (κ3) is 7.16. The Morgan fingerprint density at radius 1 is 0.895 bits per heavy atom. The number of benzene rings is 2. The highest BCUT2D eigenvalue weighted by Crippen LogP contribution is 2.40. The first-order valence-electron chi connectivity index (χ1n) is 13.9. The van der Waals surface area contributed by atoms with Gasteiger partial charge in [-0.3, -0.25) is 9.59 Å². The number of aliphatic hydroxyl groups excluding tert-OH is 1. The molecule has 1 aliphatic heterocycles. The molecule has 1 N–H and O–H groups in total. The highest BCUT2D eigenvalue weighted by molar-refractivity contribution is 6.46. The van der Waals surface area contributed by atoms with Crippen LogP contribution < -0.4 is 9.47 Å². The molecule has 2 aromatic rings. The van der Waals surface area contributed by atoms with Gasteiger partial charge in [0.2, 0.25) is 0 Å². The van der Waals surface area contributed by atoms with E-state index in [4.69, 9.17) is 9.47 Å². The molecule has 1 atom stereocenters. The van der Waals surface area contributed by atoms with E-state index in [2.05, 4.69) is 25.7 Å². The van der Waals surface area contributed by atoms with Gasteiger partial charge in [-0.1, -0.05) is 46.2 Å². The van der Waals surface area contributed by atoms with E-state index in [9.17, 15) is 14.7 Å². The van der Waals surface area contributed by atoms with Gasteiger partial charge in [-0.25, -0.2) is 0 Å². The molecule has 2 aromatic carbocycles. The van der Waals surface area contributed by atoms with Gasteiger partial charge in [-0.15, -0.1) is 0 Å². The number of unbranched alkanes of at least 4 members (excludes halogenated alkanes) is 1. The predicted molar refractivity (Wildman–Crippen MR) is 150 cm³/mol. The average molecular weight is 523 g/mol. The Labute approximate surface area is 227 Å². The second-order valence-corrected chi connectivity index (χ2v) is 9.52. The van der Waals surface area contributed by atoms with Gasteiger partial charge in [-0.2, -0.15) is 0 Å². The normalized spacial score (nSPS) is 16.9. The first-order valence-corrected chi connectivity index (χ1v) is 13.9. The lowest BCUT2D eigenvalue weighted by molar-refractivity contribution is -0.140. The van der Waals surface area contributed by atoms with Crippen LogP contribution in [0.3, 0.4) is 0 Å². The highest BCUT2D eigenvalue weighted by atomic mass is 16.5. The van der Waals surface area contributed by atoms with Gasteiger partial charge in [0, 0.05) is 12.1 Å². The van der Waals surface area contributed by atoms with E-state index >= 15 is 0 Å². The number of hydrogen-bond donors (Lipinski definition) is 1. The molecule has 38 heavy (non-hydrogen) atoms. The van der Waals surface area contributed by atoms with Crippen molar-refractivity contribution in [1.29, 1.82) is 0 Å². The minimum atomic E-state index is -0.697. The maximum absolute atomic E-state index is 13.4. The first-order chi connectivity index (χ1) is 18.4. The number of aliphatic hydroxyl groups is 1. The number of ketones is 1. The topological polar surface area (TPSA) is 79.3 Å². The van der Waals surface area contributed by atoms with E-state index < -0.39 is 17.7 Å². The van der Waals surface area contributed by atoms with Crippen molar-refractivity contribution in [2.75, 3.05) is 39.4 Å². The number of rotatable bonds is 15. The van der Waals surface area contributed by atoms with Crippen LogP contribution in [0.25, 0.3) is 5.76 Å². The fourth-order valence-corrected chi connectivity index (χ4v) is 4.65. The summed E-state index contributed by atoms with van der Waals surface area (Å²) in [5.41, 5.74) is 1.31. The third-order valence-electron chi connectivity index (χ3n) is 6.85. The van der Waals surface area contributed by atoms with Crippen LogP contribution in [0.15, 0.2) is 54.1 Å². The molecule has 7 nitrogen and oxygen atoms in total. The van der Waals surface area contributed by atoms with Crippen LogP contribution in [0, 0.1) is 0 Å². The predicted octanol–water partition coefficient (Wildman–Crippen LogP) is 5.81. The Hall–Kier alpha value is -3.32. The standard InChI is InChI=1S/C31H42N2O5/c1-5-9-21-38-26-13-10-12-24(22-26)28-27(29(34)23-14-16-25(17-15-23)37-20-6-2)30(35)31(36)33(28)19-11-18-32(7-3)8-4/h10,12-17,22,28,34H,5-9,11,18-21H2,1-4H3/b29-27+. The highest BCUT2D eigenvalue weighted by Gasteiger charge is 2.45. The Morgan fingerprint density at radius 3 is 2.26 bits per heavy atom. The quantitative estimate of drug-likeness (QED) is 0.138. The second kappa shape index (κ2) is 14.6. The van der Waals surface area contributed by atoms with Crippen molar-refractivity contribution in [3.63, 3.8) is 0 Å². The third-order valence-corrected chi connectivity index (χ3v) is 6.85. The molecule has 1 heterocycles. The van der Waals surface area contributed by atoms with Crippen LogP contribution in [0.4, 0.5) is 0 Å². The van der Waals surface area contributed by atoms with Crippen LogP contribution in [-0.4, -0.2) is 66.0 Å². The van der Waals surface area contributed by atoms with Crippen LogP contribution in [-0.2, 0) is 9.59 Å². The maximum atomic E-state index is 13.4. The van der Waals surface area contributed by atoms with Crippen LogP contribution in [0.5, 0.6) is 11.5 Å². The molecular formula is C31H42N2O5. The molecule has 0 aromatic heterocycles. The lowest BCUT2D eigenvalue weighted by Gasteiger charge is -2.27. The molecule has 1 saturated heterocycles. The monoisotopic (exact) mass is 522 g/mol. The van der Waals surface area contributed by atoms with Crippen molar-refractivity contribution in [1.82, 2.24) is 9.80 Å². The Balaban J connectivity index is 1.99. The summed E-state index contributed by atoms with van der Waals surface area (Å²) in [6, 6.07) is 13.8. The minimum Gasteiger partial charge on any atom is -0.507 e. The van der Waals surface area contributed by atoms with Gasteiger partial charge in [-0.05, 0) is 80.9 Å². The van der Waals surface area contributed by atoms with Gasteiger partial charge < -0.3 is 24.4 Å². The van der Waals surface area contributed by atoms with Gasteiger partial charge in [0.25, 0.3) is 11.7 Å². The Bertz CT molecular complexity index is 1090. The first kappa shape index (κ1) is 29.2. The summed E-state index contributed by atoms with van der Waals surface area (Å²) >= 11 is 0. The molecule has 3 rings (SSSR count). The van der Waals surface area contributed by atoms with Crippen molar-refractivity contribution < 1.29 is 24.2 Å². The summed E-state index contributed by atoms with van der Waals surface area (Å²) in [6.45, 7) is 12.6. The number of ether oxygens (including phenoxy) is 2. The van der Waals surface area contributed by atoms with Crippen molar-refractivity contribution in [3.05, 3.63) is 65.2 Å². The summed E-state index contributed by atoms with van der Waals surface area (Å²) in [7, 11) is 0. The van der Waals surface area contributed by atoms with E-state index in [0.29, 0.717) is 36.8 Å². The number of amides is 1. The molecule has 1 unspecified atom stereocenters. The second-order valence-electron chi connectivity index (χ2n) is 9.52. The zero-order chi connectivity index (χ0) is 27.5. The summed E-state index contributed by atoms with van der Waals surface area (Å²) in [4.78, 5) is 30.5. The van der Waals surface area contributed by atoms with E-state index in [1.807, 2.05) is 31.2 Å². The Kier molecular flexibility index (Phi) is 11.2. The molecule has 0 aliphatic carbocycles. The van der Waals surface area contributed by atoms with Crippen molar-refractivity contribution in [2.24, 2.45) is 0 Å². The van der Waals surface area contributed by atoms with E-state index in [1.54, 1.807) is 29.2 Å². The number of Topliss-reactive ketones (excluding diaryl/α,β-unsaturated/α-hetero) is 1. The molecule has 1 aliphatic rings. The van der Waals surface area contributed by atoms with Gasteiger partial charge in [0.1, 0.15) is 17.3 Å². The number of nitrogens with zero attached hydrogens (tertiary/aromatic N) is 2. The molecule has 1 amide bonds. The lowest BCUT2D eigenvalue weighted by Crippen LogP contribution is -2.33. The minimum absolute atomic E-state index is 0.103. The number of hydrogen-bond acceptors (Lipinski definition) is 6. The van der Waals surface area contributed by atoms with Crippen molar-refractivity contribution in [2.45, 2.75) is 59.4 Å². The Morgan fingerprint density at radius 2 is 1.61 bits per heavy atom. The zero-order valence-corrected chi connectivity index (χ0v) is 23.2. The molecule has 206 valence electrons. The summed E-state index contributed by atoms with van der Waals surface area (Å²) in [5, 5.41) is 11.4. The SMILES string of the molecule is CCCCOc1cccc(C2/C(=C(\O)c3ccc(OCCC)cc3)C(=O)C(=O)N2CCCN(CC)CC)c1. The van der Waals surface area contributed by atoms with Gasteiger partial charge in [0.15, 0.2) is 0 Å². The molecule has 7 heteroatoms. The molecule has 0 saturated carbocycles. The number of carbonyl (C=O) groups is 2. The molecule has 1 fully saturated rings. The van der Waals surface area contributed by atoms with Gasteiger partial charge in [0.05, 0.1) is 24.8 Å². The molecule has 0 bridgehead atoms.